The van der Waals surface area contributed by atoms with Gasteiger partial charge in [0, 0.05) is 13.2 Å². The third-order valence-electron chi connectivity index (χ3n) is 5.49. The Hall–Kier alpha value is -2.94. The molecule has 0 bridgehead atoms. The highest BCUT2D eigenvalue weighted by Crippen LogP contribution is 2.42. The van der Waals surface area contributed by atoms with Gasteiger partial charge in [-0.15, -0.1) is 0 Å². The van der Waals surface area contributed by atoms with Gasteiger partial charge in [-0.25, -0.2) is 4.79 Å². The van der Waals surface area contributed by atoms with Crippen LogP contribution in [0.2, 0.25) is 0 Å². The number of rotatable bonds is 6. The molecule has 3 heterocycles. The number of carbonyl (C=O) groups is 2. The van der Waals surface area contributed by atoms with Crippen molar-refractivity contribution in [3.8, 4) is 17.2 Å². The molecular weight excluding hydrogens is 378 g/mol. The Morgan fingerprint density at radius 3 is 2.45 bits per heavy atom. The van der Waals surface area contributed by atoms with Crippen LogP contribution in [0.4, 0.5) is 4.79 Å². The molecule has 4 rings (SSSR count). The van der Waals surface area contributed by atoms with Crippen molar-refractivity contribution < 1.29 is 28.5 Å². The molecule has 156 valence electrons. The molecule has 3 amide bonds. The molecule has 0 aliphatic carbocycles. The third kappa shape index (κ3) is 3.46. The fraction of sp³-hybridized carbons (Fsp3) is 0.500. The molecule has 9 nitrogen and oxygen atoms in total. The first-order valence-electron chi connectivity index (χ1n) is 9.57. The number of nitrogens with one attached hydrogen (secondary N) is 2. The number of hydrogen-bond acceptors (Lipinski definition) is 6. The predicted octanol–water partition coefficient (Wildman–Crippen LogP) is 1.34. The van der Waals surface area contributed by atoms with Crippen LogP contribution in [0.15, 0.2) is 23.4 Å². The average molecular weight is 403 g/mol. The van der Waals surface area contributed by atoms with Gasteiger partial charge in [0.15, 0.2) is 11.5 Å². The highest BCUT2D eigenvalue weighted by Gasteiger charge is 2.41. The Balaban J connectivity index is 1.67. The lowest BCUT2D eigenvalue weighted by molar-refractivity contribution is -0.127. The molecule has 0 aromatic heterocycles. The van der Waals surface area contributed by atoms with Crippen molar-refractivity contribution in [2.24, 2.45) is 0 Å². The molecule has 9 heteroatoms. The second-order valence-electron chi connectivity index (χ2n) is 7.20. The molecule has 2 N–H and O–H groups in total. The number of methoxy groups -OCH3 is 3. The number of amides is 3. The Bertz CT molecular complexity index is 837. The molecular formula is C20H25N3O6. The molecule has 1 fully saturated rings. The predicted molar refractivity (Wildman–Crippen MR) is 103 cm³/mol. The number of urea groups is 1. The largest absolute Gasteiger partial charge is 0.493 e. The lowest BCUT2D eigenvalue weighted by atomic mass is 9.95. The molecule has 1 aromatic rings. The van der Waals surface area contributed by atoms with Crippen LogP contribution >= 0.6 is 0 Å². The Morgan fingerprint density at radius 2 is 1.86 bits per heavy atom. The summed E-state index contributed by atoms with van der Waals surface area (Å²) in [6.45, 7) is 1.61. The minimum absolute atomic E-state index is 0.0450. The maximum Gasteiger partial charge on any atom is 0.319 e. The SMILES string of the molecule is COc1cc([C@@H]2NC(=O)NC3=C2C(=O)N(C[C@H]2CCCO2)C3)cc(OC)c1OC. The summed E-state index contributed by atoms with van der Waals surface area (Å²) in [4.78, 5) is 27.2. The van der Waals surface area contributed by atoms with Gasteiger partial charge in [-0.1, -0.05) is 0 Å². The van der Waals surface area contributed by atoms with E-state index in [-0.39, 0.29) is 18.0 Å². The van der Waals surface area contributed by atoms with Crippen LogP contribution in [0, 0.1) is 0 Å². The summed E-state index contributed by atoms with van der Waals surface area (Å²) in [5.41, 5.74) is 1.82. The van der Waals surface area contributed by atoms with Crippen molar-refractivity contribution in [3.05, 3.63) is 29.0 Å². The highest BCUT2D eigenvalue weighted by molar-refractivity contribution is 6.01. The normalized spacial score (nSPS) is 23.6. The summed E-state index contributed by atoms with van der Waals surface area (Å²) in [5.74, 6) is 1.25. The van der Waals surface area contributed by atoms with E-state index in [1.165, 1.54) is 21.3 Å². The van der Waals surface area contributed by atoms with E-state index in [9.17, 15) is 9.59 Å². The van der Waals surface area contributed by atoms with E-state index >= 15 is 0 Å². The number of carbonyl (C=O) groups excluding carboxylic acids is 2. The molecule has 1 saturated heterocycles. The van der Waals surface area contributed by atoms with Crippen molar-refractivity contribution >= 4 is 11.9 Å². The quantitative estimate of drug-likeness (QED) is 0.744. The maximum absolute atomic E-state index is 13.2. The fourth-order valence-corrected chi connectivity index (χ4v) is 4.13. The monoisotopic (exact) mass is 403 g/mol. The Morgan fingerprint density at radius 1 is 1.14 bits per heavy atom. The minimum atomic E-state index is -0.616. The number of nitrogens with zero attached hydrogens (tertiary/aromatic N) is 1. The van der Waals surface area contributed by atoms with Crippen LogP contribution in [0.5, 0.6) is 17.2 Å². The topological polar surface area (TPSA) is 98.4 Å². The van der Waals surface area contributed by atoms with E-state index in [2.05, 4.69) is 10.6 Å². The summed E-state index contributed by atoms with van der Waals surface area (Å²) in [6, 6.07) is 2.53. The van der Waals surface area contributed by atoms with Gasteiger partial charge in [0.25, 0.3) is 5.91 Å². The standard InChI is InChI=1S/C20H25N3O6/c1-26-14-7-11(8-15(27-2)18(14)28-3)17-16-13(21-20(25)22-17)10-23(19(16)24)9-12-5-4-6-29-12/h7-8,12,17H,4-6,9-10H2,1-3H3,(H2,21,22,25)/t12-,17+/m1/s1. The zero-order chi connectivity index (χ0) is 20.5. The van der Waals surface area contributed by atoms with Gasteiger partial charge < -0.3 is 34.5 Å². The van der Waals surface area contributed by atoms with Crippen LogP contribution < -0.4 is 24.8 Å². The van der Waals surface area contributed by atoms with Gasteiger partial charge in [-0.2, -0.15) is 0 Å². The van der Waals surface area contributed by atoms with Gasteiger partial charge in [0.1, 0.15) is 0 Å². The van der Waals surface area contributed by atoms with Gasteiger partial charge >= 0.3 is 6.03 Å². The van der Waals surface area contributed by atoms with Gasteiger partial charge in [-0.3, -0.25) is 4.79 Å². The minimum Gasteiger partial charge on any atom is -0.493 e. The number of ether oxygens (including phenoxy) is 4. The summed E-state index contributed by atoms with van der Waals surface area (Å²) in [6.07, 6.45) is 1.99. The first-order valence-corrected chi connectivity index (χ1v) is 9.57. The zero-order valence-electron chi connectivity index (χ0n) is 16.7. The van der Waals surface area contributed by atoms with E-state index in [4.69, 9.17) is 18.9 Å². The smallest absolute Gasteiger partial charge is 0.319 e. The Kier molecular flexibility index (Phi) is 5.23. The number of hydrogen-bond donors (Lipinski definition) is 2. The maximum atomic E-state index is 13.2. The van der Waals surface area contributed by atoms with Gasteiger partial charge in [0.05, 0.1) is 51.3 Å². The molecule has 3 aliphatic rings. The van der Waals surface area contributed by atoms with Crippen molar-refractivity contribution in [3.63, 3.8) is 0 Å². The Labute approximate surface area is 168 Å². The van der Waals surface area contributed by atoms with E-state index in [1.807, 2.05) is 0 Å². The molecule has 0 spiro atoms. The van der Waals surface area contributed by atoms with E-state index in [1.54, 1.807) is 17.0 Å². The summed E-state index contributed by atoms with van der Waals surface area (Å²) >= 11 is 0. The average Bonchev–Trinajstić information content (AvgIpc) is 3.34. The molecule has 2 atom stereocenters. The number of benzene rings is 1. The van der Waals surface area contributed by atoms with Gasteiger partial charge in [-0.05, 0) is 30.5 Å². The van der Waals surface area contributed by atoms with Crippen LogP contribution in [0.1, 0.15) is 24.4 Å². The molecule has 0 saturated carbocycles. The van der Waals surface area contributed by atoms with E-state index in [0.717, 1.165) is 19.4 Å². The molecule has 29 heavy (non-hydrogen) atoms. The third-order valence-corrected chi connectivity index (χ3v) is 5.49. The first kappa shape index (κ1) is 19.4. The summed E-state index contributed by atoms with van der Waals surface area (Å²) in [7, 11) is 4.57. The first-order chi connectivity index (χ1) is 14.0. The van der Waals surface area contributed by atoms with Crippen molar-refractivity contribution in [1.82, 2.24) is 15.5 Å². The van der Waals surface area contributed by atoms with Crippen LogP contribution in [-0.4, -0.2) is 64.0 Å². The molecule has 0 unspecified atom stereocenters. The summed E-state index contributed by atoms with van der Waals surface area (Å²) < 4.78 is 21.9. The second-order valence-corrected chi connectivity index (χ2v) is 7.20. The molecule has 0 radical (unpaired) electrons. The van der Waals surface area contributed by atoms with E-state index in [0.29, 0.717) is 47.2 Å². The fourth-order valence-electron chi connectivity index (χ4n) is 4.13. The summed E-state index contributed by atoms with van der Waals surface area (Å²) in [5, 5.41) is 5.63. The lowest BCUT2D eigenvalue weighted by Crippen LogP contribution is -2.44. The zero-order valence-corrected chi connectivity index (χ0v) is 16.7. The van der Waals surface area contributed by atoms with Gasteiger partial charge in [0.2, 0.25) is 5.75 Å². The van der Waals surface area contributed by atoms with Crippen molar-refractivity contribution in [1.29, 1.82) is 0 Å². The highest BCUT2D eigenvalue weighted by atomic mass is 16.5. The molecule has 1 aromatic carbocycles. The lowest BCUT2D eigenvalue weighted by Gasteiger charge is -2.26. The van der Waals surface area contributed by atoms with Crippen LogP contribution in [-0.2, 0) is 9.53 Å². The van der Waals surface area contributed by atoms with Crippen LogP contribution in [0.25, 0.3) is 0 Å². The second kappa shape index (κ2) is 7.82. The molecule has 3 aliphatic heterocycles. The van der Waals surface area contributed by atoms with Crippen molar-refractivity contribution in [2.45, 2.75) is 25.0 Å². The van der Waals surface area contributed by atoms with Crippen molar-refractivity contribution in [2.75, 3.05) is 41.0 Å². The van der Waals surface area contributed by atoms with E-state index < -0.39 is 6.04 Å². The van der Waals surface area contributed by atoms with Crippen LogP contribution in [0.3, 0.4) is 0 Å².